The van der Waals surface area contributed by atoms with Crippen molar-refractivity contribution in [3.8, 4) is 17.2 Å². The van der Waals surface area contributed by atoms with Crippen molar-refractivity contribution in [1.82, 2.24) is 0 Å². The van der Waals surface area contributed by atoms with E-state index in [4.69, 9.17) is 23.7 Å². The summed E-state index contributed by atoms with van der Waals surface area (Å²) in [6.45, 7) is 16.3. The molecule has 5 heteroatoms. The summed E-state index contributed by atoms with van der Waals surface area (Å²) >= 11 is 0. The first-order chi connectivity index (χ1) is 14.5. The summed E-state index contributed by atoms with van der Waals surface area (Å²) in [5.41, 5.74) is 2.08. The second kappa shape index (κ2) is 14.3. The molecule has 5 nitrogen and oxygen atoms in total. The monoisotopic (exact) mass is 414 g/mol. The molecule has 164 valence electrons. The Hall–Kier alpha value is -2.76. The molecule has 2 aromatic rings. The molecule has 0 aliphatic carbocycles. The molecule has 0 aliphatic heterocycles. The molecule has 2 rings (SSSR count). The van der Waals surface area contributed by atoms with Gasteiger partial charge in [-0.3, -0.25) is 0 Å². The SMILES string of the molecule is C=Cc1ccc(OC(C)OCC)c(OC)c1.C=Cc1ccc(OC(C)OCC)cc1. The Kier molecular flexibility index (Phi) is 12.0. The molecule has 0 amide bonds. The number of ether oxygens (including phenoxy) is 5. The highest BCUT2D eigenvalue weighted by atomic mass is 16.7. The molecule has 0 heterocycles. The second-order valence-corrected chi connectivity index (χ2v) is 6.17. The maximum Gasteiger partial charge on any atom is 0.197 e. The maximum atomic E-state index is 5.59. The Labute approximate surface area is 180 Å². The largest absolute Gasteiger partial charge is 0.493 e. The van der Waals surface area contributed by atoms with Crippen molar-refractivity contribution >= 4 is 12.2 Å². The van der Waals surface area contributed by atoms with Gasteiger partial charge in [0, 0.05) is 13.2 Å². The van der Waals surface area contributed by atoms with E-state index in [1.165, 1.54) is 0 Å². The van der Waals surface area contributed by atoms with Crippen LogP contribution in [0.4, 0.5) is 0 Å². The minimum atomic E-state index is -0.284. The highest BCUT2D eigenvalue weighted by Gasteiger charge is 2.09. The fourth-order valence-electron chi connectivity index (χ4n) is 2.50. The van der Waals surface area contributed by atoms with Gasteiger partial charge >= 0.3 is 0 Å². The number of hydrogen-bond acceptors (Lipinski definition) is 5. The van der Waals surface area contributed by atoms with Gasteiger partial charge in [-0.2, -0.15) is 0 Å². The zero-order chi connectivity index (χ0) is 22.4. The minimum Gasteiger partial charge on any atom is -0.493 e. The number of methoxy groups -OCH3 is 1. The highest BCUT2D eigenvalue weighted by Crippen LogP contribution is 2.29. The van der Waals surface area contributed by atoms with Gasteiger partial charge in [0.15, 0.2) is 24.1 Å². The van der Waals surface area contributed by atoms with Gasteiger partial charge in [0.05, 0.1) is 7.11 Å². The molecule has 0 aromatic heterocycles. The average molecular weight is 415 g/mol. The van der Waals surface area contributed by atoms with Gasteiger partial charge in [-0.25, -0.2) is 0 Å². The molecule has 2 atom stereocenters. The predicted octanol–water partition coefficient (Wildman–Crippen LogP) is 6.19. The summed E-state index contributed by atoms with van der Waals surface area (Å²) in [4.78, 5) is 0. The molecule has 0 bridgehead atoms. The molecule has 2 aromatic carbocycles. The minimum absolute atomic E-state index is 0.199. The van der Waals surface area contributed by atoms with Crippen LogP contribution in [-0.2, 0) is 9.47 Å². The van der Waals surface area contributed by atoms with Crippen LogP contribution >= 0.6 is 0 Å². The third-order valence-electron chi connectivity index (χ3n) is 3.94. The van der Waals surface area contributed by atoms with Gasteiger partial charge in [0.2, 0.25) is 0 Å². The lowest BCUT2D eigenvalue weighted by molar-refractivity contribution is -0.0624. The molecular weight excluding hydrogens is 380 g/mol. The number of hydrogen-bond donors (Lipinski definition) is 0. The molecule has 0 N–H and O–H groups in total. The summed E-state index contributed by atoms with van der Waals surface area (Å²) in [6.07, 6.45) is 3.08. The van der Waals surface area contributed by atoms with Gasteiger partial charge in [-0.1, -0.05) is 43.5 Å². The van der Waals surface area contributed by atoms with E-state index in [9.17, 15) is 0 Å². The molecule has 0 saturated heterocycles. The van der Waals surface area contributed by atoms with E-state index >= 15 is 0 Å². The molecule has 0 saturated carbocycles. The Bertz CT molecular complexity index is 755. The first-order valence-electron chi connectivity index (χ1n) is 10.1. The maximum absolute atomic E-state index is 5.59. The second-order valence-electron chi connectivity index (χ2n) is 6.17. The van der Waals surface area contributed by atoms with Crippen LogP contribution in [0.1, 0.15) is 38.8 Å². The fraction of sp³-hybridized carbons (Fsp3) is 0.360. The third-order valence-corrected chi connectivity index (χ3v) is 3.94. The standard InChI is InChI=1S/C13H18O3.C12H16O2/c1-5-11-7-8-12(13(9-11)14-4)16-10(3)15-6-2;1-4-11-6-8-12(9-7-11)14-10(3)13-5-2/h5,7-10H,1,6H2,2-4H3;4,6-10H,1,5H2,2-3H3. The molecule has 0 radical (unpaired) electrons. The van der Waals surface area contributed by atoms with Gasteiger partial charge < -0.3 is 23.7 Å². The van der Waals surface area contributed by atoms with Gasteiger partial charge in [0.25, 0.3) is 0 Å². The quantitative estimate of drug-likeness (QED) is 0.410. The van der Waals surface area contributed by atoms with E-state index in [0.717, 1.165) is 16.9 Å². The van der Waals surface area contributed by atoms with Crippen LogP contribution in [0.25, 0.3) is 12.2 Å². The van der Waals surface area contributed by atoms with E-state index in [-0.39, 0.29) is 12.6 Å². The lowest BCUT2D eigenvalue weighted by Gasteiger charge is -2.16. The van der Waals surface area contributed by atoms with Crippen LogP contribution in [0.2, 0.25) is 0 Å². The normalized spacial score (nSPS) is 12.0. The molecule has 0 spiro atoms. The summed E-state index contributed by atoms with van der Waals surface area (Å²) in [6, 6.07) is 13.4. The zero-order valence-electron chi connectivity index (χ0n) is 18.7. The molecule has 0 aliphatic rings. The van der Waals surface area contributed by atoms with Crippen molar-refractivity contribution in [3.05, 3.63) is 66.7 Å². The van der Waals surface area contributed by atoms with Crippen LogP contribution in [0, 0.1) is 0 Å². The van der Waals surface area contributed by atoms with Crippen LogP contribution in [0.3, 0.4) is 0 Å². The van der Waals surface area contributed by atoms with E-state index in [1.807, 2.05) is 70.2 Å². The summed E-state index contributed by atoms with van der Waals surface area (Å²) in [7, 11) is 1.61. The van der Waals surface area contributed by atoms with Crippen LogP contribution in [-0.4, -0.2) is 32.9 Å². The van der Waals surface area contributed by atoms with E-state index in [1.54, 1.807) is 19.3 Å². The Morgan fingerprint density at radius 1 is 0.767 bits per heavy atom. The number of benzene rings is 2. The lowest BCUT2D eigenvalue weighted by Crippen LogP contribution is -2.16. The molecule has 30 heavy (non-hydrogen) atoms. The number of rotatable bonds is 11. The average Bonchev–Trinajstić information content (AvgIpc) is 2.75. The van der Waals surface area contributed by atoms with Gasteiger partial charge in [-0.05, 0) is 63.1 Å². The Morgan fingerprint density at radius 3 is 1.80 bits per heavy atom. The smallest absolute Gasteiger partial charge is 0.197 e. The van der Waals surface area contributed by atoms with Gasteiger partial charge in [-0.15, -0.1) is 0 Å². The highest BCUT2D eigenvalue weighted by molar-refractivity contribution is 5.54. The zero-order valence-corrected chi connectivity index (χ0v) is 18.7. The van der Waals surface area contributed by atoms with Crippen LogP contribution < -0.4 is 14.2 Å². The van der Waals surface area contributed by atoms with E-state index in [2.05, 4.69) is 13.2 Å². The van der Waals surface area contributed by atoms with Crippen molar-refractivity contribution in [3.63, 3.8) is 0 Å². The van der Waals surface area contributed by atoms with Crippen molar-refractivity contribution in [1.29, 1.82) is 0 Å². The van der Waals surface area contributed by atoms with Gasteiger partial charge in [0.1, 0.15) is 5.75 Å². The fourth-order valence-corrected chi connectivity index (χ4v) is 2.50. The van der Waals surface area contributed by atoms with Crippen LogP contribution in [0.5, 0.6) is 17.2 Å². The van der Waals surface area contributed by atoms with E-state index in [0.29, 0.717) is 24.7 Å². The van der Waals surface area contributed by atoms with Crippen molar-refractivity contribution in [2.45, 2.75) is 40.3 Å². The molecule has 2 unspecified atom stereocenters. The predicted molar refractivity (Wildman–Crippen MR) is 123 cm³/mol. The van der Waals surface area contributed by atoms with Crippen molar-refractivity contribution < 1.29 is 23.7 Å². The molecule has 0 fully saturated rings. The third kappa shape index (κ3) is 9.16. The lowest BCUT2D eigenvalue weighted by atomic mass is 10.2. The van der Waals surface area contributed by atoms with Crippen molar-refractivity contribution in [2.24, 2.45) is 0 Å². The summed E-state index contributed by atoms with van der Waals surface area (Å²) in [5.74, 6) is 2.18. The van der Waals surface area contributed by atoms with Crippen LogP contribution in [0.15, 0.2) is 55.6 Å². The topological polar surface area (TPSA) is 46.2 Å². The first-order valence-corrected chi connectivity index (χ1v) is 10.1. The summed E-state index contributed by atoms with van der Waals surface area (Å²) < 4.78 is 26.9. The Balaban J connectivity index is 0.000000303. The van der Waals surface area contributed by atoms with E-state index < -0.39 is 0 Å². The van der Waals surface area contributed by atoms with Crippen molar-refractivity contribution in [2.75, 3.05) is 20.3 Å². The Morgan fingerprint density at radius 2 is 1.30 bits per heavy atom. The summed E-state index contributed by atoms with van der Waals surface area (Å²) in [5, 5.41) is 0. The molecular formula is C25H34O5. The first kappa shape index (κ1) is 25.3.